The lowest BCUT2D eigenvalue weighted by Gasteiger charge is -2.10. The molecule has 27 heavy (non-hydrogen) atoms. The van der Waals surface area contributed by atoms with Gasteiger partial charge in [-0.2, -0.15) is 5.10 Å². The van der Waals surface area contributed by atoms with Gasteiger partial charge in [0.15, 0.2) is 0 Å². The van der Waals surface area contributed by atoms with E-state index in [9.17, 15) is 4.79 Å². The van der Waals surface area contributed by atoms with E-state index in [4.69, 9.17) is 4.74 Å². The summed E-state index contributed by atoms with van der Waals surface area (Å²) >= 11 is 0. The third kappa shape index (κ3) is 4.64. The van der Waals surface area contributed by atoms with Gasteiger partial charge in [0.05, 0.1) is 19.4 Å². The van der Waals surface area contributed by atoms with E-state index in [0.29, 0.717) is 6.61 Å². The Labute approximate surface area is 159 Å². The number of ether oxygens (including phenoxy) is 1. The van der Waals surface area contributed by atoms with Gasteiger partial charge in [-0.05, 0) is 42.3 Å². The molecule has 0 spiro atoms. The fourth-order valence-corrected chi connectivity index (χ4v) is 2.85. The first kappa shape index (κ1) is 18.5. The van der Waals surface area contributed by atoms with Crippen molar-refractivity contribution >= 4 is 28.6 Å². The molecular weight excluding hydrogens is 338 g/mol. The highest BCUT2D eigenvalue weighted by atomic mass is 16.5. The highest BCUT2D eigenvalue weighted by Gasteiger charge is 2.07. The lowest BCUT2D eigenvalue weighted by molar-refractivity contribution is -0.119. The lowest BCUT2D eigenvalue weighted by Crippen LogP contribution is -2.26. The van der Waals surface area contributed by atoms with Crippen molar-refractivity contribution in [3.8, 4) is 5.75 Å². The van der Waals surface area contributed by atoms with Crippen LogP contribution >= 0.6 is 0 Å². The first-order valence-corrected chi connectivity index (χ1v) is 8.95. The lowest BCUT2D eigenvalue weighted by atomic mass is 10.0. The number of amides is 1. The summed E-state index contributed by atoms with van der Waals surface area (Å²) in [6.07, 6.45) is 1.64. The van der Waals surface area contributed by atoms with Gasteiger partial charge in [-0.1, -0.05) is 48.5 Å². The summed E-state index contributed by atoms with van der Waals surface area (Å²) in [5.74, 6) is 0.528. The summed E-state index contributed by atoms with van der Waals surface area (Å²) in [5.41, 5.74) is 5.44. The molecule has 0 saturated heterocycles. The zero-order valence-corrected chi connectivity index (χ0v) is 15.5. The fraction of sp³-hybridized carbons (Fsp3) is 0.182. The van der Waals surface area contributed by atoms with Gasteiger partial charge in [-0.15, -0.1) is 0 Å². The summed E-state index contributed by atoms with van der Waals surface area (Å²) in [6.45, 7) is 4.64. The molecule has 0 heterocycles. The molecule has 0 aliphatic rings. The number of carbonyl (C=O) groups is 1. The minimum absolute atomic E-state index is 0.149. The van der Waals surface area contributed by atoms with Crippen LogP contribution in [0.3, 0.4) is 0 Å². The predicted molar refractivity (Wildman–Crippen MR) is 111 cm³/mol. The van der Waals surface area contributed by atoms with Crippen molar-refractivity contribution in [1.29, 1.82) is 0 Å². The van der Waals surface area contributed by atoms with Crippen molar-refractivity contribution in [2.75, 3.05) is 18.5 Å². The molecule has 0 aromatic heterocycles. The molecule has 2 N–H and O–H groups in total. The number of nitrogens with one attached hydrogen (secondary N) is 2. The fourth-order valence-electron chi connectivity index (χ4n) is 2.85. The van der Waals surface area contributed by atoms with Gasteiger partial charge in [-0.25, -0.2) is 5.43 Å². The van der Waals surface area contributed by atoms with Gasteiger partial charge in [0.25, 0.3) is 5.91 Å². The van der Waals surface area contributed by atoms with Gasteiger partial charge in [0.1, 0.15) is 5.75 Å². The summed E-state index contributed by atoms with van der Waals surface area (Å²) in [5, 5.41) is 9.36. The number of carbonyl (C=O) groups excluding carboxylic acids is 1. The Kier molecular flexibility index (Phi) is 6.05. The van der Waals surface area contributed by atoms with E-state index in [0.717, 1.165) is 33.3 Å². The molecule has 3 rings (SSSR count). The van der Waals surface area contributed by atoms with E-state index in [1.165, 1.54) is 0 Å². The van der Waals surface area contributed by atoms with E-state index in [-0.39, 0.29) is 12.5 Å². The Bertz CT molecular complexity index is 967. The highest BCUT2D eigenvalue weighted by molar-refractivity contribution is 6.02. The molecule has 0 unspecified atom stereocenters. The predicted octanol–water partition coefficient (Wildman–Crippen LogP) is 4.11. The van der Waals surface area contributed by atoms with Crippen molar-refractivity contribution in [2.24, 2.45) is 5.10 Å². The smallest absolute Gasteiger partial charge is 0.259 e. The number of hydrogen-bond acceptors (Lipinski definition) is 4. The second kappa shape index (κ2) is 8.85. The summed E-state index contributed by atoms with van der Waals surface area (Å²) < 4.78 is 5.70. The number of rotatable bonds is 7. The van der Waals surface area contributed by atoms with Crippen LogP contribution in [0.4, 0.5) is 5.69 Å². The highest BCUT2D eigenvalue weighted by Crippen LogP contribution is 2.26. The number of para-hydroxylation sites is 1. The number of benzene rings is 3. The first-order chi connectivity index (χ1) is 13.2. The average Bonchev–Trinajstić information content (AvgIpc) is 2.69. The van der Waals surface area contributed by atoms with E-state index in [1.54, 1.807) is 6.21 Å². The van der Waals surface area contributed by atoms with Gasteiger partial charge >= 0.3 is 0 Å². The maximum atomic E-state index is 12.1. The summed E-state index contributed by atoms with van der Waals surface area (Å²) in [7, 11) is 0. The molecule has 0 saturated carbocycles. The van der Waals surface area contributed by atoms with Gasteiger partial charge < -0.3 is 10.1 Å². The molecule has 138 valence electrons. The number of aryl methyl sites for hydroxylation is 1. The van der Waals surface area contributed by atoms with Crippen LogP contribution in [0.1, 0.15) is 18.1 Å². The van der Waals surface area contributed by atoms with E-state index >= 15 is 0 Å². The van der Waals surface area contributed by atoms with Crippen LogP contribution in [0.2, 0.25) is 0 Å². The minimum Gasteiger partial charge on any atom is -0.493 e. The monoisotopic (exact) mass is 361 g/mol. The zero-order chi connectivity index (χ0) is 19.1. The second-order valence-electron chi connectivity index (χ2n) is 6.09. The molecule has 3 aromatic carbocycles. The maximum absolute atomic E-state index is 12.1. The molecular formula is C22H23N3O2. The third-order valence-corrected chi connectivity index (χ3v) is 4.20. The number of nitrogens with zero attached hydrogens (tertiary/aromatic N) is 1. The number of anilines is 1. The normalized spacial score (nSPS) is 10.9. The topological polar surface area (TPSA) is 62.7 Å². The number of hydrogen-bond donors (Lipinski definition) is 2. The van der Waals surface area contributed by atoms with Crippen LogP contribution in [0.25, 0.3) is 10.8 Å². The quantitative estimate of drug-likeness (QED) is 0.492. The van der Waals surface area contributed by atoms with Crippen molar-refractivity contribution < 1.29 is 9.53 Å². The molecule has 0 aliphatic heterocycles. The number of hydrazone groups is 1. The maximum Gasteiger partial charge on any atom is 0.259 e. The molecule has 0 fully saturated rings. The minimum atomic E-state index is -0.215. The van der Waals surface area contributed by atoms with Crippen molar-refractivity contribution in [1.82, 2.24) is 5.43 Å². The molecule has 0 atom stereocenters. The SMILES string of the molecule is CCOc1ccc2ccccc2c1/C=N/NC(=O)CNc1ccccc1C. The standard InChI is InChI=1S/C22H23N3O2/c1-3-27-21-13-12-17-9-5-6-10-18(17)19(21)14-24-25-22(26)15-23-20-11-7-4-8-16(20)2/h4-14,23H,3,15H2,1-2H3,(H,25,26)/b24-14+. The van der Waals surface area contributed by atoms with Crippen LogP contribution in [-0.2, 0) is 4.79 Å². The molecule has 5 nitrogen and oxygen atoms in total. The van der Waals surface area contributed by atoms with E-state index < -0.39 is 0 Å². The Morgan fingerprint density at radius 3 is 2.67 bits per heavy atom. The number of fused-ring (bicyclic) bond motifs is 1. The Morgan fingerprint density at radius 2 is 1.85 bits per heavy atom. The Morgan fingerprint density at radius 1 is 1.07 bits per heavy atom. The van der Waals surface area contributed by atoms with Crippen LogP contribution in [0, 0.1) is 6.92 Å². The largest absolute Gasteiger partial charge is 0.493 e. The molecule has 5 heteroatoms. The van der Waals surface area contributed by atoms with Crippen molar-refractivity contribution in [2.45, 2.75) is 13.8 Å². The molecule has 0 radical (unpaired) electrons. The van der Waals surface area contributed by atoms with Crippen LogP contribution < -0.4 is 15.5 Å². The summed E-state index contributed by atoms with van der Waals surface area (Å²) in [6, 6.07) is 19.8. The first-order valence-electron chi connectivity index (χ1n) is 8.95. The van der Waals surface area contributed by atoms with Gasteiger partial charge in [-0.3, -0.25) is 4.79 Å². The molecule has 0 aliphatic carbocycles. The average molecular weight is 361 g/mol. The molecule has 0 bridgehead atoms. The van der Waals surface area contributed by atoms with Crippen LogP contribution in [-0.4, -0.2) is 25.3 Å². The second-order valence-corrected chi connectivity index (χ2v) is 6.09. The van der Waals surface area contributed by atoms with Gasteiger partial charge in [0, 0.05) is 11.3 Å². The van der Waals surface area contributed by atoms with Gasteiger partial charge in [0.2, 0.25) is 0 Å². The van der Waals surface area contributed by atoms with E-state index in [1.807, 2.05) is 74.5 Å². The Hall–Kier alpha value is -3.34. The van der Waals surface area contributed by atoms with Crippen LogP contribution in [0.5, 0.6) is 5.75 Å². The Balaban J connectivity index is 1.69. The van der Waals surface area contributed by atoms with Crippen molar-refractivity contribution in [3.05, 3.63) is 71.8 Å². The summed E-state index contributed by atoms with van der Waals surface area (Å²) in [4.78, 5) is 12.1. The van der Waals surface area contributed by atoms with Crippen LogP contribution in [0.15, 0.2) is 65.8 Å². The van der Waals surface area contributed by atoms with E-state index in [2.05, 4.69) is 15.8 Å². The zero-order valence-electron chi connectivity index (χ0n) is 15.5. The molecule has 3 aromatic rings. The third-order valence-electron chi connectivity index (χ3n) is 4.20. The molecule has 1 amide bonds. The van der Waals surface area contributed by atoms with Crippen molar-refractivity contribution in [3.63, 3.8) is 0 Å².